The van der Waals surface area contributed by atoms with Crippen molar-refractivity contribution in [3.8, 4) is 12.1 Å². The van der Waals surface area contributed by atoms with Crippen molar-refractivity contribution < 1.29 is 64.5 Å². The van der Waals surface area contributed by atoms with Gasteiger partial charge in [-0.15, -0.1) is 0 Å². The number of anilines is 2. The molecule has 14 nitrogen and oxygen atoms in total. The Labute approximate surface area is 363 Å². The molecule has 8 aliphatic heterocycles. The summed E-state index contributed by atoms with van der Waals surface area (Å²) in [7, 11) is 3.13. The number of carbonyl (C=O) groups is 4. The quantitative estimate of drug-likeness (QED) is 0.367. The number of hydrogen-bond acceptors (Lipinski definition) is 10. The summed E-state index contributed by atoms with van der Waals surface area (Å²) < 4.78 is 106. The minimum atomic E-state index is -4.74. The van der Waals surface area contributed by atoms with E-state index in [-0.39, 0.29) is 84.7 Å². The summed E-state index contributed by atoms with van der Waals surface area (Å²) >= 11 is 0. The molecule has 10 rings (SSSR count). The van der Waals surface area contributed by atoms with Crippen LogP contribution in [0.3, 0.4) is 0 Å². The number of hydrogen-bond donors (Lipinski definition) is 2. The second kappa shape index (κ2) is 14.6. The van der Waals surface area contributed by atoms with Crippen LogP contribution in [0.4, 0.5) is 37.7 Å². The Morgan fingerprint density at radius 2 is 1.08 bits per heavy atom. The minimum Gasteiger partial charge on any atom is -0.367 e. The van der Waals surface area contributed by atoms with Crippen LogP contribution in [0.25, 0.3) is 0 Å². The van der Waals surface area contributed by atoms with E-state index >= 15 is 0 Å². The molecule has 2 aromatic carbocycles. The number of ether oxygens (including phenoxy) is 4. The highest BCUT2D eigenvalue weighted by atomic mass is 19.4. The van der Waals surface area contributed by atoms with Crippen molar-refractivity contribution in [2.45, 2.75) is 99.6 Å². The van der Waals surface area contributed by atoms with Crippen LogP contribution in [-0.2, 0) is 50.5 Å². The van der Waals surface area contributed by atoms with Crippen molar-refractivity contribution in [3.63, 3.8) is 0 Å². The van der Waals surface area contributed by atoms with Gasteiger partial charge in [0.15, 0.2) is 0 Å². The molecule has 0 aliphatic carbocycles. The summed E-state index contributed by atoms with van der Waals surface area (Å²) in [6.07, 6.45) is -8.45. The molecule has 0 unspecified atom stereocenters. The molecule has 340 valence electrons. The van der Waals surface area contributed by atoms with Gasteiger partial charge in [0.2, 0.25) is 23.6 Å². The van der Waals surface area contributed by atoms with Gasteiger partial charge in [-0.05, 0) is 74.9 Å². The fraction of sp³-hybridized carbons (Fsp3) is 0.591. The first-order chi connectivity index (χ1) is 30.1. The van der Waals surface area contributed by atoms with Crippen LogP contribution in [0, 0.1) is 58.2 Å². The van der Waals surface area contributed by atoms with Crippen LogP contribution in [-0.4, -0.2) is 85.8 Å². The highest BCUT2D eigenvalue weighted by Crippen LogP contribution is 2.69. The number of halogens is 6. The van der Waals surface area contributed by atoms with E-state index in [1.807, 2.05) is 13.8 Å². The molecule has 8 heterocycles. The van der Waals surface area contributed by atoms with Gasteiger partial charge < -0.3 is 29.6 Å². The zero-order valence-electron chi connectivity index (χ0n) is 35.1. The van der Waals surface area contributed by atoms with Crippen molar-refractivity contribution in [1.29, 1.82) is 10.5 Å². The predicted octanol–water partition coefficient (Wildman–Crippen LogP) is 5.17. The molecule has 20 heteroatoms. The maximum atomic E-state index is 13.6. The van der Waals surface area contributed by atoms with Crippen molar-refractivity contribution >= 4 is 35.0 Å². The zero-order valence-corrected chi connectivity index (χ0v) is 35.1. The van der Waals surface area contributed by atoms with Crippen LogP contribution in [0.5, 0.6) is 0 Å². The molecular weight excluding hydrogens is 855 g/mol. The molecular formula is C44H44F6N6O8. The molecule has 64 heavy (non-hydrogen) atoms. The first-order valence-corrected chi connectivity index (χ1v) is 21.0. The van der Waals surface area contributed by atoms with Crippen molar-refractivity contribution in [1.82, 2.24) is 10.6 Å². The van der Waals surface area contributed by atoms with E-state index < -0.39 is 81.3 Å². The maximum Gasteiger partial charge on any atom is 0.417 e. The van der Waals surface area contributed by atoms with E-state index in [2.05, 4.69) is 10.6 Å². The third-order valence-electron chi connectivity index (χ3n) is 15.2. The fourth-order valence-electron chi connectivity index (χ4n) is 12.9. The van der Waals surface area contributed by atoms with E-state index in [4.69, 9.17) is 29.5 Å². The molecule has 2 N–H and O–H groups in total. The lowest BCUT2D eigenvalue weighted by molar-refractivity contribution is -0.154. The van der Waals surface area contributed by atoms with Gasteiger partial charge in [-0.1, -0.05) is 0 Å². The van der Waals surface area contributed by atoms with E-state index in [9.17, 15) is 45.5 Å². The highest BCUT2D eigenvalue weighted by Gasteiger charge is 2.79. The molecule has 0 aromatic heterocycles. The number of nitrogens with zero attached hydrogens (tertiary/aromatic N) is 4. The smallest absolute Gasteiger partial charge is 0.367 e. The number of fused-ring (bicyclic) bond motifs is 4. The Bertz CT molecular complexity index is 2270. The molecule has 0 saturated carbocycles. The molecule has 4 amide bonds. The van der Waals surface area contributed by atoms with E-state index in [0.717, 1.165) is 24.3 Å². The molecule has 8 saturated heterocycles. The minimum absolute atomic E-state index is 0.0450. The van der Waals surface area contributed by atoms with Gasteiger partial charge in [0.1, 0.15) is 12.5 Å². The van der Waals surface area contributed by atoms with Gasteiger partial charge in [-0.2, -0.15) is 36.9 Å². The third-order valence-corrected chi connectivity index (χ3v) is 15.2. The first kappa shape index (κ1) is 43.9. The number of rotatable bonds is 6. The van der Waals surface area contributed by atoms with Gasteiger partial charge in [0.05, 0.1) is 81.8 Å². The first-order valence-electron chi connectivity index (χ1n) is 21.0. The van der Waals surface area contributed by atoms with Crippen molar-refractivity contribution in [2.75, 3.05) is 37.1 Å². The van der Waals surface area contributed by atoms with Crippen molar-refractivity contribution in [2.24, 2.45) is 35.5 Å². The Hall–Kier alpha value is -5.28. The number of amides is 4. The molecule has 2 spiro atoms. The lowest BCUT2D eigenvalue weighted by atomic mass is 9.60. The standard InChI is InChI=1S/2C22H22F3N3O4/c2*1-20-9-12(7-15(29)27-2)21(32-20)5-6-31-19-17(21)16(20)18(30)28(19)13-4-3-11(10-26)14(8-13)22(23,24)25/h2*3-4,8,12,16-17,19H,5-7,9H2,1-2H3,(H,27,29)/t12-,16+,17-,19-,20+,21-;12-,16-,17+,19+,20-,21+/m01/s1. The highest BCUT2D eigenvalue weighted by molar-refractivity contribution is 6.01. The maximum absolute atomic E-state index is 13.6. The Kier molecular flexibility index (Phi) is 10.0. The van der Waals surface area contributed by atoms with E-state index in [1.165, 1.54) is 21.9 Å². The average Bonchev–Trinajstić information content (AvgIpc) is 4.03. The number of benzene rings is 2. The largest absolute Gasteiger partial charge is 0.417 e. The van der Waals surface area contributed by atoms with E-state index in [0.29, 0.717) is 25.7 Å². The van der Waals surface area contributed by atoms with E-state index in [1.54, 1.807) is 26.2 Å². The molecule has 8 fully saturated rings. The van der Waals surface area contributed by atoms with Crippen LogP contribution in [0.15, 0.2) is 36.4 Å². The zero-order chi connectivity index (χ0) is 46.1. The lowest BCUT2D eigenvalue weighted by Crippen LogP contribution is -2.55. The Morgan fingerprint density at radius 3 is 1.41 bits per heavy atom. The molecule has 12 atom stereocenters. The summed E-state index contributed by atoms with van der Waals surface area (Å²) in [6.45, 7) is 4.22. The number of nitrogens with one attached hydrogen (secondary N) is 2. The van der Waals surface area contributed by atoms with Crippen LogP contribution in [0.2, 0.25) is 0 Å². The second-order valence-corrected chi connectivity index (χ2v) is 18.4. The van der Waals surface area contributed by atoms with Crippen LogP contribution >= 0.6 is 0 Å². The summed E-state index contributed by atoms with van der Waals surface area (Å²) in [6, 6.07) is 9.67. The van der Waals surface area contributed by atoms with Gasteiger partial charge in [-0.3, -0.25) is 29.0 Å². The summed E-state index contributed by atoms with van der Waals surface area (Å²) in [5.74, 6) is -3.07. The molecule has 4 bridgehead atoms. The number of nitriles is 2. The molecule has 8 aliphatic rings. The topological polar surface area (TPSA) is 183 Å². The predicted molar refractivity (Wildman–Crippen MR) is 208 cm³/mol. The van der Waals surface area contributed by atoms with Gasteiger partial charge in [0, 0.05) is 63.0 Å². The number of alkyl halides is 6. The summed E-state index contributed by atoms with van der Waals surface area (Å²) in [4.78, 5) is 54.0. The van der Waals surface area contributed by atoms with Crippen LogP contribution in [0.1, 0.15) is 74.6 Å². The number of carbonyl (C=O) groups excluding carboxylic acids is 4. The average molecular weight is 899 g/mol. The van der Waals surface area contributed by atoms with Gasteiger partial charge in [-0.25, -0.2) is 0 Å². The normalized spacial score (nSPS) is 37.4. The van der Waals surface area contributed by atoms with Gasteiger partial charge >= 0.3 is 12.4 Å². The second-order valence-electron chi connectivity index (χ2n) is 18.4. The third kappa shape index (κ3) is 6.19. The SMILES string of the molecule is CNC(=O)C[C@@H]1C[C@@]2(C)O[C@@]13CCO[C@H]1[C@@H]3[C@@H]2C(=O)N1c1ccc(C#N)c(C(F)(F)F)c1.CNC(=O)C[C@H]1C[C@@]2(C)O[C@@]13CCO[C@H]1[C@@H]3[C@@H]2C(=O)N1c1ccc(C#N)c(C(F)(F)F)c1. The lowest BCUT2D eigenvalue weighted by Gasteiger charge is -2.45. The molecule has 2 aromatic rings. The monoisotopic (exact) mass is 898 g/mol. The fourth-order valence-corrected chi connectivity index (χ4v) is 12.9. The molecule has 0 radical (unpaired) electrons. The summed E-state index contributed by atoms with van der Waals surface area (Å²) in [5.41, 5.74) is -6.21. The Balaban J connectivity index is 0.000000162. The Morgan fingerprint density at radius 1 is 0.703 bits per heavy atom. The van der Waals surface area contributed by atoms with Crippen molar-refractivity contribution in [3.05, 3.63) is 58.7 Å². The van der Waals surface area contributed by atoms with Gasteiger partial charge in [0.25, 0.3) is 0 Å². The summed E-state index contributed by atoms with van der Waals surface area (Å²) in [5, 5.41) is 23.4. The van der Waals surface area contributed by atoms with Crippen LogP contribution < -0.4 is 20.4 Å².